The van der Waals surface area contributed by atoms with Crippen molar-refractivity contribution in [1.29, 1.82) is 0 Å². The normalized spacial score (nSPS) is 15.2. The molecule has 0 bridgehead atoms. The molecule has 18 heavy (non-hydrogen) atoms. The van der Waals surface area contributed by atoms with Gasteiger partial charge in [-0.3, -0.25) is 0 Å². The summed E-state index contributed by atoms with van der Waals surface area (Å²) in [6.45, 7) is 1.96. The molecule has 2 aromatic rings. The number of hydrogen-bond donors (Lipinski definition) is 1. The van der Waals surface area contributed by atoms with Crippen LogP contribution in [-0.4, -0.2) is 40.7 Å². The first-order valence-corrected chi connectivity index (χ1v) is 6.46. The van der Waals surface area contributed by atoms with Gasteiger partial charge in [0.05, 0.1) is 11.8 Å². The standard InChI is InChI=1S/C13H19N5/c1-17(8-7-14-10-3-4-10)13-12-11(5-6-15-13)18(2)9-16-12/h5-6,9-10,14H,3-4,7-8H2,1-2H3. The third-order valence-corrected chi connectivity index (χ3v) is 3.44. The van der Waals surface area contributed by atoms with Crippen LogP contribution in [0.4, 0.5) is 5.82 Å². The largest absolute Gasteiger partial charge is 0.357 e. The quantitative estimate of drug-likeness (QED) is 0.858. The van der Waals surface area contributed by atoms with Crippen molar-refractivity contribution in [2.75, 3.05) is 25.0 Å². The van der Waals surface area contributed by atoms with Crippen molar-refractivity contribution in [2.45, 2.75) is 18.9 Å². The zero-order chi connectivity index (χ0) is 12.5. The van der Waals surface area contributed by atoms with Crippen LogP contribution in [0.5, 0.6) is 0 Å². The molecule has 0 aromatic carbocycles. The van der Waals surface area contributed by atoms with E-state index in [1.807, 2.05) is 30.2 Å². The highest BCUT2D eigenvalue weighted by atomic mass is 15.2. The summed E-state index contributed by atoms with van der Waals surface area (Å²) in [5, 5.41) is 3.52. The van der Waals surface area contributed by atoms with Gasteiger partial charge < -0.3 is 14.8 Å². The van der Waals surface area contributed by atoms with Crippen molar-refractivity contribution in [1.82, 2.24) is 19.9 Å². The van der Waals surface area contributed by atoms with Gasteiger partial charge >= 0.3 is 0 Å². The lowest BCUT2D eigenvalue weighted by Crippen LogP contribution is -2.30. The van der Waals surface area contributed by atoms with Crippen molar-refractivity contribution < 1.29 is 0 Å². The van der Waals surface area contributed by atoms with E-state index >= 15 is 0 Å². The number of pyridine rings is 1. The van der Waals surface area contributed by atoms with Crippen LogP contribution < -0.4 is 10.2 Å². The molecular weight excluding hydrogens is 226 g/mol. The van der Waals surface area contributed by atoms with Crippen molar-refractivity contribution >= 4 is 16.9 Å². The fourth-order valence-electron chi connectivity index (χ4n) is 2.16. The van der Waals surface area contributed by atoms with Gasteiger partial charge in [-0.25, -0.2) is 9.97 Å². The molecule has 0 amide bonds. The third-order valence-electron chi connectivity index (χ3n) is 3.44. The molecule has 2 heterocycles. The third kappa shape index (κ3) is 2.18. The maximum atomic E-state index is 4.46. The Balaban J connectivity index is 1.75. The Morgan fingerprint density at radius 1 is 1.44 bits per heavy atom. The number of imidazole rings is 1. The topological polar surface area (TPSA) is 46.0 Å². The molecule has 1 saturated carbocycles. The summed E-state index contributed by atoms with van der Waals surface area (Å²) in [4.78, 5) is 11.1. The number of likely N-dealkylation sites (N-methyl/N-ethyl adjacent to an activating group) is 1. The summed E-state index contributed by atoms with van der Waals surface area (Å²) in [5.74, 6) is 0.964. The fourth-order valence-corrected chi connectivity index (χ4v) is 2.16. The van der Waals surface area contributed by atoms with Crippen molar-refractivity contribution in [3.05, 3.63) is 18.6 Å². The average Bonchev–Trinajstić information content (AvgIpc) is 3.12. The Morgan fingerprint density at radius 2 is 2.28 bits per heavy atom. The first kappa shape index (κ1) is 11.5. The van der Waals surface area contributed by atoms with E-state index in [1.165, 1.54) is 12.8 Å². The molecule has 1 fully saturated rings. The summed E-state index contributed by atoms with van der Waals surface area (Å²) >= 11 is 0. The van der Waals surface area contributed by atoms with E-state index in [0.717, 1.165) is 36.0 Å². The lowest BCUT2D eigenvalue weighted by Gasteiger charge is -2.18. The number of anilines is 1. The second-order valence-corrected chi connectivity index (χ2v) is 5.01. The molecule has 1 N–H and O–H groups in total. The number of nitrogens with zero attached hydrogens (tertiary/aromatic N) is 4. The fraction of sp³-hybridized carbons (Fsp3) is 0.538. The number of rotatable bonds is 5. The zero-order valence-corrected chi connectivity index (χ0v) is 10.9. The average molecular weight is 245 g/mol. The van der Waals surface area contributed by atoms with Gasteiger partial charge in [0.25, 0.3) is 0 Å². The van der Waals surface area contributed by atoms with E-state index in [-0.39, 0.29) is 0 Å². The maximum Gasteiger partial charge on any atom is 0.156 e. The van der Waals surface area contributed by atoms with Crippen LogP contribution in [-0.2, 0) is 7.05 Å². The van der Waals surface area contributed by atoms with Crippen LogP contribution >= 0.6 is 0 Å². The van der Waals surface area contributed by atoms with Crippen LogP contribution in [0.3, 0.4) is 0 Å². The van der Waals surface area contributed by atoms with Gasteiger partial charge in [-0.1, -0.05) is 0 Å². The minimum atomic E-state index is 0.761. The Hall–Kier alpha value is -1.62. The highest BCUT2D eigenvalue weighted by Crippen LogP contribution is 2.21. The number of nitrogens with one attached hydrogen (secondary N) is 1. The molecule has 0 unspecified atom stereocenters. The smallest absolute Gasteiger partial charge is 0.156 e. The predicted molar refractivity (Wildman–Crippen MR) is 72.8 cm³/mol. The van der Waals surface area contributed by atoms with Gasteiger partial charge in [-0.05, 0) is 18.9 Å². The molecule has 0 aliphatic heterocycles. The number of aryl methyl sites for hydroxylation is 1. The van der Waals surface area contributed by atoms with E-state index < -0.39 is 0 Å². The summed E-state index contributed by atoms with van der Waals surface area (Å²) in [6, 6.07) is 2.76. The summed E-state index contributed by atoms with van der Waals surface area (Å²) in [7, 11) is 4.08. The molecule has 5 heteroatoms. The van der Waals surface area contributed by atoms with Crippen molar-refractivity contribution in [3.8, 4) is 0 Å². The van der Waals surface area contributed by atoms with Gasteiger partial charge in [-0.15, -0.1) is 0 Å². The molecule has 96 valence electrons. The van der Waals surface area contributed by atoms with Gasteiger partial charge in [0.2, 0.25) is 0 Å². The zero-order valence-electron chi connectivity index (χ0n) is 10.9. The van der Waals surface area contributed by atoms with Crippen molar-refractivity contribution in [2.24, 2.45) is 7.05 Å². The van der Waals surface area contributed by atoms with E-state index in [2.05, 4.69) is 27.2 Å². The summed E-state index contributed by atoms with van der Waals surface area (Å²) < 4.78 is 2.02. The molecule has 1 aliphatic rings. The molecular formula is C13H19N5. The monoisotopic (exact) mass is 245 g/mol. The minimum absolute atomic E-state index is 0.761. The highest BCUT2D eigenvalue weighted by molar-refractivity contribution is 5.86. The number of aromatic nitrogens is 3. The van der Waals surface area contributed by atoms with E-state index in [0.29, 0.717) is 0 Å². The molecule has 1 aliphatic carbocycles. The summed E-state index contributed by atoms with van der Waals surface area (Å²) in [5.41, 5.74) is 2.11. The minimum Gasteiger partial charge on any atom is -0.357 e. The second-order valence-electron chi connectivity index (χ2n) is 5.01. The van der Waals surface area contributed by atoms with Crippen LogP contribution in [0.1, 0.15) is 12.8 Å². The predicted octanol–water partition coefficient (Wildman–Crippen LogP) is 1.16. The van der Waals surface area contributed by atoms with Crippen LogP contribution in [0, 0.1) is 0 Å². The second kappa shape index (κ2) is 4.57. The Morgan fingerprint density at radius 3 is 3.06 bits per heavy atom. The first-order chi connectivity index (χ1) is 8.75. The van der Waals surface area contributed by atoms with E-state index in [4.69, 9.17) is 0 Å². The highest BCUT2D eigenvalue weighted by Gasteiger charge is 2.20. The molecule has 5 nitrogen and oxygen atoms in total. The number of hydrogen-bond acceptors (Lipinski definition) is 4. The van der Waals surface area contributed by atoms with Gasteiger partial charge in [0, 0.05) is 39.4 Å². The first-order valence-electron chi connectivity index (χ1n) is 6.46. The lowest BCUT2D eigenvalue weighted by molar-refractivity contribution is 0.673. The Bertz CT molecular complexity index is 543. The molecule has 3 rings (SSSR count). The molecule has 2 aromatic heterocycles. The van der Waals surface area contributed by atoms with Crippen LogP contribution in [0.25, 0.3) is 11.0 Å². The molecule has 0 spiro atoms. The molecule has 0 atom stereocenters. The van der Waals surface area contributed by atoms with E-state index in [1.54, 1.807) is 0 Å². The van der Waals surface area contributed by atoms with E-state index in [9.17, 15) is 0 Å². The lowest BCUT2D eigenvalue weighted by atomic mass is 10.3. The Labute approximate surface area is 107 Å². The maximum absolute atomic E-state index is 4.46. The van der Waals surface area contributed by atoms with Crippen LogP contribution in [0.2, 0.25) is 0 Å². The summed E-state index contributed by atoms with van der Waals surface area (Å²) in [6.07, 6.45) is 6.35. The SMILES string of the molecule is CN(CCNC1CC1)c1nccc2c1ncn2C. The van der Waals surface area contributed by atoms with Gasteiger partial charge in [-0.2, -0.15) is 0 Å². The molecule has 0 saturated heterocycles. The number of fused-ring (bicyclic) bond motifs is 1. The van der Waals surface area contributed by atoms with Gasteiger partial charge in [0.15, 0.2) is 5.82 Å². The van der Waals surface area contributed by atoms with Crippen molar-refractivity contribution in [3.63, 3.8) is 0 Å². The Kier molecular flexibility index (Phi) is 2.91. The molecule has 0 radical (unpaired) electrons. The van der Waals surface area contributed by atoms with Crippen LogP contribution in [0.15, 0.2) is 18.6 Å². The van der Waals surface area contributed by atoms with Gasteiger partial charge in [0.1, 0.15) is 5.52 Å².